The van der Waals surface area contributed by atoms with Gasteiger partial charge in [-0.15, -0.1) is 0 Å². The van der Waals surface area contributed by atoms with Crippen molar-refractivity contribution in [2.24, 2.45) is 0 Å². The van der Waals surface area contributed by atoms with Crippen molar-refractivity contribution in [1.29, 1.82) is 0 Å². The molecule has 0 saturated carbocycles. The SMILES string of the molecule is Cc1cc(C(=O)NCc2ccc(CO)cc2)ccc1F. The Bertz CT molecular complexity index is 608. The molecule has 0 aliphatic heterocycles. The second-order valence-corrected chi connectivity index (χ2v) is 4.62. The molecule has 0 aliphatic carbocycles. The van der Waals surface area contributed by atoms with Gasteiger partial charge in [-0.25, -0.2) is 4.39 Å². The number of amides is 1. The summed E-state index contributed by atoms with van der Waals surface area (Å²) < 4.78 is 13.1. The highest BCUT2D eigenvalue weighted by atomic mass is 19.1. The molecule has 0 unspecified atom stereocenters. The Morgan fingerprint density at radius 2 is 1.80 bits per heavy atom. The lowest BCUT2D eigenvalue weighted by atomic mass is 10.1. The van der Waals surface area contributed by atoms with Gasteiger partial charge < -0.3 is 10.4 Å². The zero-order valence-corrected chi connectivity index (χ0v) is 11.2. The summed E-state index contributed by atoms with van der Waals surface area (Å²) in [6, 6.07) is 11.6. The van der Waals surface area contributed by atoms with Crippen molar-refractivity contribution >= 4 is 5.91 Å². The predicted molar refractivity (Wildman–Crippen MR) is 74.7 cm³/mol. The Hall–Kier alpha value is -2.20. The number of rotatable bonds is 4. The van der Waals surface area contributed by atoms with Gasteiger partial charge in [-0.05, 0) is 41.8 Å². The number of halogens is 1. The standard InChI is InChI=1S/C16H16FNO2/c1-11-8-14(6-7-15(11)17)16(20)18-9-12-2-4-13(10-19)5-3-12/h2-8,19H,9-10H2,1H3,(H,18,20). The molecule has 0 radical (unpaired) electrons. The first-order valence-corrected chi connectivity index (χ1v) is 6.33. The van der Waals surface area contributed by atoms with Crippen LogP contribution in [0.2, 0.25) is 0 Å². The van der Waals surface area contributed by atoms with Gasteiger partial charge in [0.15, 0.2) is 0 Å². The molecule has 104 valence electrons. The molecule has 2 aromatic rings. The maximum atomic E-state index is 13.1. The quantitative estimate of drug-likeness (QED) is 0.899. The van der Waals surface area contributed by atoms with E-state index in [2.05, 4.69) is 5.32 Å². The van der Waals surface area contributed by atoms with Gasteiger partial charge in [-0.1, -0.05) is 24.3 Å². The van der Waals surface area contributed by atoms with E-state index in [4.69, 9.17) is 5.11 Å². The number of carbonyl (C=O) groups is 1. The summed E-state index contributed by atoms with van der Waals surface area (Å²) in [6.45, 7) is 2.02. The molecule has 1 amide bonds. The van der Waals surface area contributed by atoms with Crippen LogP contribution in [-0.4, -0.2) is 11.0 Å². The molecule has 3 nitrogen and oxygen atoms in total. The highest BCUT2D eigenvalue weighted by molar-refractivity contribution is 5.94. The Morgan fingerprint density at radius 1 is 1.15 bits per heavy atom. The van der Waals surface area contributed by atoms with Crippen molar-refractivity contribution in [2.75, 3.05) is 0 Å². The summed E-state index contributed by atoms with van der Waals surface area (Å²) >= 11 is 0. The number of benzene rings is 2. The Kier molecular flexibility index (Phi) is 4.48. The molecule has 0 heterocycles. The number of hydrogen-bond donors (Lipinski definition) is 2. The second-order valence-electron chi connectivity index (χ2n) is 4.62. The van der Waals surface area contributed by atoms with Gasteiger partial charge in [0.2, 0.25) is 0 Å². The summed E-state index contributed by atoms with van der Waals surface area (Å²) in [4.78, 5) is 11.9. The third kappa shape index (κ3) is 3.42. The highest BCUT2D eigenvalue weighted by Crippen LogP contribution is 2.10. The number of nitrogens with one attached hydrogen (secondary N) is 1. The minimum Gasteiger partial charge on any atom is -0.392 e. The van der Waals surface area contributed by atoms with Crippen molar-refractivity contribution in [2.45, 2.75) is 20.1 Å². The minimum atomic E-state index is -0.318. The third-order valence-corrected chi connectivity index (χ3v) is 3.08. The average molecular weight is 273 g/mol. The van der Waals surface area contributed by atoms with E-state index in [0.29, 0.717) is 17.7 Å². The monoisotopic (exact) mass is 273 g/mol. The van der Waals surface area contributed by atoms with Crippen LogP contribution in [0, 0.1) is 12.7 Å². The lowest BCUT2D eigenvalue weighted by Crippen LogP contribution is -2.22. The van der Waals surface area contributed by atoms with E-state index in [1.54, 1.807) is 6.92 Å². The fourth-order valence-electron chi connectivity index (χ4n) is 1.83. The van der Waals surface area contributed by atoms with E-state index in [9.17, 15) is 9.18 Å². The smallest absolute Gasteiger partial charge is 0.251 e. The second kappa shape index (κ2) is 6.30. The van der Waals surface area contributed by atoms with Crippen molar-refractivity contribution in [3.63, 3.8) is 0 Å². The normalized spacial score (nSPS) is 10.3. The molecule has 0 spiro atoms. The molecular formula is C16H16FNO2. The van der Waals surface area contributed by atoms with E-state index in [1.807, 2.05) is 24.3 Å². The maximum Gasteiger partial charge on any atom is 0.251 e. The van der Waals surface area contributed by atoms with Crippen LogP contribution in [0.1, 0.15) is 27.0 Å². The van der Waals surface area contributed by atoms with Crippen LogP contribution >= 0.6 is 0 Å². The van der Waals surface area contributed by atoms with E-state index < -0.39 is 0 Å². The van der Waals surface area contributed by atoms with Crippen LogP contribution in [0.3, 0.4) is 0 Å². The van der Waals surface area contributed by atoms with Gasteiger partial charge >= 0.3 is 0 Å². The number of carbonyl (C=O) groups excluding carboxylic acids is 1. The van der Waals surface area contributed by atoms with E-state index in [-0.39, 0.29) is 18.3 Å². The Balaban J connectivity index is 1.98. The Morgan fingerprint density at radius 3 is 2.40 bits per heavy atom. The maximum absolute atomic E-state index is 13.1. The molecule has 4 heteroatoms. The molecule has 2 N–H and O–H groups in total. The van der Waals surface area contributed by atoms with Crippen LogP contribution in [0.15, 0.2) is 42.5 Å². The minimum absolute atomic E-state index is 0.00148. The van der Waals surface area contributed by atoms with Gasteiger partial charge in [0, 0.05) is 12.1 Å². The van der Waals surface area contributed by atoms with Crippen LogP contribution < -0.4 is 5.32 Å². The molecule has 0 aliphatic rings. The third-order valence-electron chi connectivity index (χ3n) is 3.08. The van der Waals surface area contributed by atoms with Gasteiger partial charge in [0.1, 0.15) is 5.82 Å². The first-order valence-electron chi connectivity index (χ1n) is 6.33. The molecule has 0 atom stereocenters. The zero-order valence-electron chi connectivity index (χ0n) is 11.2. The number of aryl methyl sites for hydroxylation is 1. The molecule has 0 fully saturated rings. The molecule has 0 bridgehead atoms. The van der Waals surface area contributed by atoms with E-state index in [0.717, 1.165) is 11.1 Å². The first kappa shape index (κ1) is 14.2. The van der Waals surface area contributed by atoms with Crippen molar-refractivity contribution in [3.05, 3.63) is 70.5 Å². The molecule has 20 heavy (non-hydrogen) atoms. The molecule has 2 aromatic carbocycles. The molecule has 2 rings (SSSR count). The van der Waals surface area contributed by atoms with E-state index >= 15 is 0 Å². The number of hydrogen-bond acceptors (Lipinski definition) is 2. The van der Waals surface area contributed by atoms with Crippen LogP contribution in [0.4, 0.5) is 4.39 Å². The summed E-state index contributed by atoms with van der Waals surface area (Å²) in [5.74, 6) is -0.555. The van der Waals surface area contributed by atoms with Crippen molar-refractivity contribution in [1.82, 2.24) is 5.32 Å². The summed E-state index contributed by atoms with van der Waals surface area (Å²) in [7, 11) is 0. The average Bonchev–Trinajstić information content (AvgIpc) is 2.48. The number of aliphatic hydroxyl groups is 1. The fraction of sp³-hybridized carbons (Fsp3) is 0.188. The topological polar surface area (TPSA) is 49.3 Å². The predicted octanol–water partition coefficient (Wildman–Crippen LogP) is 2.56. The summed E-state index contributed by atoms with van der Waals surface area (Å²) in [5.41, 5.74) is 2.66. The number of aliphatic hydroxyl groups excluding tert-OH is 1. The Labute approximate surface area is 117 Å². The van der Waals surface area contributed by atoms with Gasteiger partial charge in [-0.3, -0.25) is 4.79 Å². The first-order chi connectivity index (χ1) is 9.60. The lowest BCUT2D eigenvalue weighted by Gasteiger charge is -2.07. The molecular weight excluding hydrogens is 257 g/mol. The molecule has 0 aromatic heterocycles. The van der Waals surface area contributed by atoms with Crippen molar-refractivity contribution < 1.29 is 14.3 Å². The highest BCUT2D eigenvalue weighted by Gasteiger charge is 2.07. The van der Waals surface area contributed by atoms with Gasteiger partial charge in [-0.2, -0.15) is 0 Å². The van der Waals surface area contributed by atoms with Crippen LogP contribution in [0.25, 0.3) is 0 Å². The van der Waals surface area contributed by atoms with Crippen LogP contribution in [0.5, 0.6) is 0 Å². The summed E-state index contributed by atoms with van der Waals surface area (Å²) in [5, 5.41) is 11.7. The van der Waals surface area contributed by atoms with Crippen LogP contribution in [-0.2, 0) is 13.2 Å². The summed E-state index contributed by atoms with van der Waals surface area (Å²) in [6.07, 6.45) is 0. The lowest BCUT2D eigenvalue weighted by molar-refractivity contribution is 0.0950. The van der Waals surface area contributed by atoms with Crippen molar-refractivity contribution in [3.8, 4) is 0 Å². The van der Waals surface area contributed by atoms with E-state index in [1.165, 1.54) is 18.2 Å². The zero-order chi connectivity index (χ0) is 14.5. The van der Waals surface area contributed by atoms with Gasteiger partial charge in [0.05, 0.1) is 6.61 Å². The fourth-order valence-corrected chi connectivity index (χ4v) is 1.83. The molecule has 0 saturated heterocycles. The van der Waals surface area contributed by atoms with Gasteiger partial charge in [0.25, 0.3) is 5.91 Å². The largest absolute Gasteiger partial charge is 0.392 e.